The molecule has 4 nitrogen and oxygen atoms in total. The van der Waals surface area contributed by atoms with Crippen molar-refractivity contribution in [2.45, 2.75) is 17.6 Å². The van der Waals surface area contributed by atoms with Gasteiger partial charge in [0, 0.05) is 30.8 Å². The van der Waals surface area contributed by atoms with Gasteiger partial charge in [-0.3, -0.25) is 0 Å². The summed E-state index contributed by atoms with van der Waals surface area (Å²) in [4.78, 5) is 0.128. The molecule has 0 unspecified atom stereocenters. The Hall–Kier alpha value is -1.58. The number of rotatable bonds is 5. The smallest absolute Gasteiger partial charge is 0.381 e. The Morgan fingerprint density at radius 3 is 2.40 bits per heavy atom. The highest BCUT2D eigenvalue weighted by Gasteiger charge is 2.33. The third-order valence-electron chi connectivity index (χ3n) is 3.45. The zero-order valence-corrected chi connectivity index (χ0v) is 15.8. The summed E-state index contributed by atoms with van der Waals surface area (Å²) in [5.74, 6) is 0. The number of sulfonamides is 1. The first-order valence-corrected chi connectivity index (χ1v) is 9.37. The molecule has 0 saturated carbocycles. The molecule has 0 atom stereocenters. The van der Waals surface area contributed by atoms with Gasteiger partial charge >= 0.3 is 6.18 Å². The van der Waals surface area contributed by atoms with Crippen LogP contribution in [0.4, 0.5) is 18.9 Å². The fourth-order valence-electron chi connectivity index (χ4n) is 2.08. The number of anilines is 1. The van der Waals surface area contributed by atoms with Gasteiger partial charge in [0.05, 0.1) is 10.5 Å². The van der Waals surface area contributed by atoms with Crippen LogP contribution >= 0.6 is 15.9 Å². The summed E-state index contributed by atoms with van der Waals surface area (Å²) in [7, 11) is -0.701. The Balaban J connectivity index is 2.20. The molecule has 0 spiro atoms. The molecule has 0 amide bonds. The third kappa shape index (κ3) is 4.74. The van der Waals surface area contributed by atoms with Gasteiger partial charge in [-0.2, -0.15) is 13.2 Å². The molecule has 2 aromatic rings. The summed E-state index contributed by atoms with van der Waals surface area (Å²) in [6.07, 6.45) is -4.46. The zero-order valence-electron chi connectivity index (χ0n) is 13.4. The van der Waals surface area contributed by atoms with Crippen LogP contribution in [-0.4, -0.2) is 26.8 Å². The van der Waals surface area contributed by atoms with Gasteiger partial charge in [0.25, 0.3) is 0 Å². The number of benzene rings is 2. The van der Waals surface area contributed by atoms with Gasteiger partial charge in [-0.1, -0.05) is 28.1 Å². The average molecular weight is 437 g/mol. The maximum atomic E-state index is 12.9. The van der Waals surface area contributed by atoms with Gasteiger partial charge in [-0.15, -0.1) is 0 Å². The van der Waals surface area contributed by atoms with Crippen LogP contribution in [0.3, 0.4) is 0 Å². The van der Waals surface area contributed by atoms with Crippen molar-refractivity contribution in [1.82, 2.24) is 4.31 Å². The normalized spacial score (nSPS) is 12.4. The number of hydrogen-bond acceptors (Lipinski definition) is 3. The lowest BCUT2D eigenvalue weighted by Crippen LogP contribution is -2.22. The largest absolute Gasteiger partial charge is 0.417 e. The molecular formula is C16H16BrF3N2O2S. The van der Waals surface area contributed by atoms with Crippen molar-refractivity contribution in [3.05, 3.63) is 58.1 Å². The van der Waals surface area contributed by atoms with Crippen LogP contribution in [0.2, 0.25) is 0 Å². The molecule has 0 aliphatic rings. The third-order valence-corrected chi connectivity index (χ3v) is 5.95. The SMILES string of the molecule is CN(C)S(=O)(=O)c1cccc(CNc2ccc(Br)c(C(F)(F)F)c2)c1. The summed E-state index contributed by atoms with van der Waals surface area (Å²) in [5, 5.41) is 2.88. The lowest BCUT2D eigenvalue weighted by atomic mass is 10.1. The summed E-state index contributed by atoms with van der Waals surface area (Å²) in [5.41, 5.74) is 0.150. The van der Waals surface area contributed by atoms with Crippen LogP contribution in [0.1, 0.15) is 11.1 Å². The molecule has 2 aromatic carbocycles. The molecule has 0 aliphatic carbocycles. The van der Waals surface area contributed by atoms with Crippen LogP contribution in [0.25, 0.3) is 0 Å². The number of alkyl halides is 3. The van der Waals surface area contributed by atoms with Gasteiger partial charge in [0.1, 0.15) is 0 Å². The van der Waals surface area contributed by atoms with Gasteiger partial charge in [-0.25, -0.2) is 12.7 Å². The maximum Gasteiger partial charge on any atom is 0.417 e. The second-order valence-electron chi connectivity index (χ2n) is 5.48. The van der Waals surface area contributed by atoms with E-state index in [1.807, 2.05) is 0 Å². The topological polar surface area (TPSA) is 49.4 Å². The zero-order chi connectivity index (χ0) is 18.8. The molecule has 25 heavy (non-hydrogen) atoms. The van der Waals surface area contributed by atoms with Crippen molar-refractivity contribution in [1.29, 1.82) is 0 Å². The van der Waals surface area contributed by atoms with E-state index in [-0.39, 0.29) is 21.6 Å². The van der Waals surface area contributed by atoms with E-state index in [4.69, 9.17) is 0 Å². The standard InChI is InChI=1S/C16H16BrF3N2O2S/c1-22(2)25(23,24)13-5-3-4-11(8-13)10-21-12-6-7-15(17)14(9-12)16(18,19)20/h3-9,21H,10H2,1-2H3. The van der Waals surface area contributed by atoms with Crippen LogP contribution in [0.5, 0.6) is 0 Å². The van der Waals surface area contributed by atoms with Gasteiger partial charge < -0.3 is 5.32 Å². The molecule has 0 fully saturated rings. The quantitative estimate of drug-likeness (QED) is 0.758. The molecule has 0 heterocycles. The lowest BCUT2D eigenvalue weighted by molar-refractivity contribution is -0.138. The minimum Gasteiger partial charge on any atom is -0.381 e. The second-order valence-corrected chi connectivity index (χ2v) is 8.49. The van der Waals surface area contributed by atoms with Crippen molar-refractivity contribution in [3.63, 3.8) is 0 Å². The predicted octanol–water partition coefficient (Wildman–Crippen LogP) is 4.33. The fraction of sp³-hybridized carbons (Fsp3) is 0.250. The number of halogens is 4. The Morgan fingerprint density at radius 2 is 1.80 bits per heavy atom. The van der Waals surface area contributed by atoms with E-state index >= 15 is 0 Å². The lowest BCUT2D eigenvalue weighted by Gasteiger charge is -2.14. The van der Waals surface area contributed by atoms with Crippen LogP contribution in [-0.2, 0) is 22.7 Å². The summed E-state index contributed by atoms with van der Waals surface area (Å²) >= 11 is 2.89. The van der Waals surface area contributed by atoms with E-state index in [1.54, 1.807) is 12.1 Å². The van der Waals surface area contributed by atoms with Crippen molar-refractivity contribution in [3.8, 4) is 0 Å². The van der Waals surface area contributed by atoms with Crippen molar-refractivity contribution < 1.29 is 21.6 Å². The summed E-state index contributed by atoms with van der Waals surface area (Å²) in [6, 6.07) is 10.1. The molecule has 0 aliphatic heterocycles. The summed E-state index contributed by atoms with van der Waals surface area (Å²) in [6.45, 7) is 0.190. The van der Waals surface area contributed by atoms with E-state index in [9.17, 15) is 21.6 Å². The molecule has 9 heteroatoms. The molecule has 2 rings (SSSR count). The van der Waals surface area contributed by atoms with Crippen LogP contribution in [0.15, 0.2) is 51.8 Å². The molecule has 0 radical (unpaired) electrons. The first-order valence-electron chi connectivity index (χ1n) is 7.14. The van der Waals surface area contributed by atoms with E-state index in [2.05, 4.69) is 21.2 Å². The van der Waals surface area contributed by atoms with Crippen LogP contribution < -0.4 is 5.32 Å². The molecular weight excluding hydrogens is 421 g/mol. The molecule has 0 bridgehead atoms. The Bertz CT molecular complexity index is 868. The van der Waals surface area contributed by atoms with Gasteiger partial charge in [0.15, 0.2) is 0 Å². The van der Waals surface area contributed by atoms with Gasteiger partial charge in [-0.05, 0) is 35.9 Å². The maximum absolute atomic E-state index is 12.9. The van der Waals surface area contributed by atoms with E-state index in [0.29, 0.717) is 5.56 Å². The number of nitrogens with zero attached hydrogens (tertiary/aromatic N) is 1. The minimum absolute atomic E-state index is 0.0374. The van der Waals surface area contributed by atoms with Crippen LogP contribution in [0, 0.1) is 0 Å². The first kappa shape index (κ1) is 19.7. The Labute approximate surface area is 152 Å². The molecule has 136 valence electrons. The summed E-state index contributed by atoms with van der Waals surface area (Å²) < 4.78 is 64.1. The Kier molecular flexibility index (Phi) is 5.80. The van der Waals surface area contributed by atoms with E-state index in [0.717, 1.165) is 10.4 Å². The predicted molar refractivity (Wildman–Crippen MR) is 93.8 cm³/mol. The second kappa shape index (κ2) is 7.35. The number of nitrogens with one attached hydrogen (secondary N) is 1. The first-order chi connectivity index (χ1) is 11.5. The molecule has 0 aromatic heterocycles. The highest BCUT2D eigenvalue weighted by Crippen LogP contribution is 2.36. The Morgan fingerprint density at radius 1 is 1.12 bits per heavy atom. The molecule has 0 saturated heterocycles. The van der Waals surface area contributed by atoms with Crippen molar-refractivity contribution >= 4 is 31.6 Å². The monoisotopic (exact) mass is 436 g/mol. The molecule has 1 N–H and O–H groups in total. The average Bonchev–Trinajstić information content (AvgIpc) is 2.53. The fourth-order valence-corrected chi connectivity index (χ4v) is 3.53. The van der Waals surface area contributed by atoms with Crippen molar-refractivity contribution in [2.75, 3.05) is 19.4 Å². The van der Waals surface area contributed by atoms with E-state index < -0.39 is 21.8 Å². The minimum atomic E-state index is -4.46. The van der Waals surface area contributed by atoms with Crippen molar-refractivity contribution in [2.24, 2.45) is 0 Å². The highest BCUT2D eigenvalue weighted by atomic mass is 79.9. The van der Waals surface area contributed by atoms with Gasteiger partial charge in [0.2, 0.25) is 10.0 Å². The van der Waals surface area contributed by atoms with E-state index in [1.165, 1.54) is 38.4 Å². The number of hydrogen-bond donors (Lipinski definition) is 1. The highest BCUT2D eigenvalue weighted by molar-refractivity contribution is 9.10.